The fraction of sp³-hybridized carbons (Fsp3) is 0.467. The Labute approximate surface area is 121 Å². The predicted octanol–water partition coefficient (Wildman–Crippen LogP) is 4.98. The van der Waals surface area contributed by atoms with Crippen molar-refractivity contribution in [2.75, 3.05) is 0 Å². The van der Waals surface area contributed by atoms with Crippen LogP contribution in [0.1, 0.15) is 33.3 Å². The van der Waals surface area contributed by atoms with E-state index >= 15 is 0 Å². The molecular formula is C15H23NO3Si. The number of nitro groups is 1. The zero-order chi connectivity index (χ0) is 15.6. The third kappa shape index (κ3) is 3.69. The average Bonchev–Trinajstić information content (AvgIpc) is 2.34. The second-order valence-corrected chi connectivity index (χ2v) is 11.0. The second kappa shape index (κ2) is 5.79. The van der Waals surface area contributed by atoms with E-state index in [1.165, 1.54) is 6.07 Å². The summed E-state index contributed by atoms with van der Waals surface area (Å²) in [4.78, 5) is 10.5. The van der Waals surface area contributed by atoms with E-state index < -0.39 is 8.32 Å². The summed E-state index contributed by atoms with van der Waals surface area (Å²) in [6.45, 7) is 12.7. The lowest BCUT2D eigenvalue weighted by atomic mass is 10.1. The highest BCUT2D eigenvalue weighted by Crippen LogP contribution is 2.39. The molecule has 0 fully saturated rings. The molecule has 0 aromatic heterocycles. The normalized spacial score (nSPS) is 13.2. The lowest BCUT2D eigenvalue weighted by Crippen LogP contribution is -2.40. The molecule has 20 heavy (non-hydrogen) atoms. The van der Waals surface area contributed by atoms with E-state index in [0.717, 1.165) is 11.3 Å². The van der Waals surface area contributed by atoms with Gasteiger partial charge in [0.1, 0.15) is 5.76 Å². The van der Waals surface area contributed by atoms with Gasteiger partial charge in [-0.05, 0) is 31.1 Å². The van der Waals surface area contributed by atoms with Crippen LogP contribution in [0.15, 0.2) is 30.3 Å². The summed E-state index contributed by atoms with van der Waals surface area (Å²) >= 11 is 0. The van der Waals surface area contributed by atoms with Crippen LogP contribution in [-0.4, -0.2) is 13.2 Å². The molecule has 110 valence electrons. The number of benzene rings is 1. The Morgan fingerprint density at radius 2 is 1.95 bits per heavy atom. The smallest absolute Gasteiger partial charge is 0.270 e. The summed E-state index contributed by atoms with van der Waals surface area (Å²) in [7, 11) is -1.95. The Morgan fingerprint density at radius 3 is 2.40 bits per heavy atom. The molecule has 4 nitrogen and oxygen atoms in total. The molecule has 0 aliphatic heterocycles. The molecule has 0 aliphatic rings. The van der Waals surface area contributed by atoms with Crippen molar-refractivity contribution in [3.05, 3.63) is 46.0 Å². The van der Waals surface area contributed by atoms with Crippen molar-refractivity contribution >= 4 is 19.8 Å². The van der Waals surface area contributed by atoms with Crippen LogP contribution in [0.3, 0.4) is 0 Å². The minimum atomic E-state index is -1.95. The van der Waals surface area contributed by atoms with Crippen molar-refractivity contribution in [3.63, 3.8) is 0 Å². The fourth-order valence-corrected chi connectivity index (χ4v) is 2.58. The molecule has 1 rings (SSSR count). The molecule has 0 saturated heterocycles. The van der Waals surface area contributed by atoms with Gasteiger partial charge in [0.2, 0.25) is 8.32 Å². The lowest BCUT2D eigenvalue weighted by molar-refractivity contribution is -0.384. The number of rotatable bonds is 4. The molecular weight excluding hydrogens is 270 g/mol. The number of hydrogen-bond acceptors (Lipinski definition) is 3. The number of hydrogen-bond donors (Lipinski definition) is 0. The van der Waals surface area contributed by atoms with Crippen molar-refractivity contribution in [1.82, 2.24) is 0 Å². The van der Waals surface area contributed by atoms with Crippen LogP contribution in [0.25, 0.3) is 5.76 Å². The summed E-state index contributed by atoms with van der Waals surface area (Å²) in [6.07, 6.45) is 1.87. The minimum Gasteiger partial charge on any atom is -0.543 e. The molecule has 0 N–H and O–H groups in total. The number of allylic oxidation sites excluding steroid dienone is 1. The SMILES string of the molecule is CC=C(O[Si](C)(C)C(C)(C)C)c1cccc([N+](=O)[O-])c1. The maximum absolute atomic E-state index is 10.9. The standard InChI is InChI=1S/C15H23NO3Si/c1-7-14(19-20(5,6)15(2,3)4)12-9-8-10-13(11-12)16(17)18/h7-11H,1-6H3. The Hall–Kier alpha value is -1.62. The summed E-state index contributed by atoms with van der Waals surface area (Å²) in [5, 5.41) is 10.9. The monoisotopic (exact) mass is 293 g/mol. The van der Waals surface area contributed by atoms with Gasteiger partial charge in [0.15, 0.2) is 0 Å². The van der Waals surface area contributed by atoms with Gasteiger partial charge in [-0.1, -0.05) is 32.9 Å². The van der Waals surface area contributed by atoms with Gasteiger partial charge in [0.25, 0.3) is 5.69 Å². The van der Waals surface area contributed by atoms with Gasteiger partial charge in [-0.25, -0.2) is 0 Å². The van der Waals surface area contributed by atoms with Gasteiger partial charge in [-0.2, -0.15) is 0 Å². The molecule has 0 unspecified atom stereocenters. The molecule has 0 aliphatic carbocycles. The van der Waals surface area contributed by atoms with E-state index in [9.17, 15) is 10.1 Å². The maximum atomic E-state index is 10.9. The molecule has 1 aromatic rings. The maximum Gasteiger partial charge on any atom is 0.270 e. The molecule has 0 saturated carbocycles. The van der Waals surface area contributed by atoms with E-state index in [4.69, 9.17) is 4.43 Å². The average molecular weight is 293 g/mol. The summed E-state index contributed by atoms with van der Waals surface area (Å²) in [5.74, 6) is 0.722. The van der Waals surface area contributed by atoms with E-state index in [0.29, 0.717) is 0 Å². The van der Waals surface area contributed by atoms with Crippen molar-refractivity contribution < 1.29 is 9.35 Å². The first kappa shape index (κ1) is 16.4. The highest BCUT2D eigenvalue weighted by molar-refractivity contribution is 6.74. The van der Waals surface area contributed by atoms with Gasteiger partial charge < -0.3 is 4.43 Å². The summed E-state index contributed by atoms with van der Waals surface area (Å²) < 4.78 is 6.25. The molecule has 0 radical (unpaired) electrons. The van der Waals surface area contributed by atoms with Crippen LogP contribution in [-0.2, 0) is 4.43 Å². The van der Waals surface area contributed by atoms with Crippen molar-refractivity contribution in [2.45, 2.75) is 45.8 Å². The Kier molecular flexibility index (Phi) is 4.75. The molecule has 5 heteroatoms. The van der Waals surface area contributed by atoms with Crippen LogP contribution >= 0.6 is 0 Å². The van der Waals surface area contributed by atoms with Crippen LogP contribution in [0.2, 0.25) is 18.1 Å². The molecule has 1 aromatic carbocycles. The van der Waals surface area contributed by atoms with Gasteiger partial charge in [-0.3, -0.25) is 10.1 Å². The third-order valence-electron chi connectivity index (χ3n) is 3.77. The predicted molar refractivity (Wildman–Crippen MR) is 85.0 cm³/mol. The lowest BCUT2D eigenvalue weighted by Gasteiger charge is -2.37. The molecule has 0 heterocycles. The number of nitrogens with zero attached hydrogens (tertiary/aromatic N) is 1. The van der Waals surface area contributed by atoms with Crippen molar-refractivity contribution in [1.29, 1.82) is 0 Å². The summed E-state index contributed by atoms with van der Waals surface area (Å²) in [6, 6.07) is 6.58. The third-order valence-corrected chi connectivity index (χ3v) is 8.12. The van der Waals surface area contributed by atoms with Gasteiger partial charge in [0, 0.05) is 17.7 Å². The molecule has 0 spiro atoms. The zero-order valence-electron chi connectivity index (χ0n) is 13.1. The van der Waals surface area contributed by atoms with Gasteiger partial charge in [-0.15, -0.1) is 0 Å². The highest BCUT2D eigenvalue weighted by Gasteiger charge is 2.39. The van der Waals surface area contributed by atoms with Crippen molar-refractivity contribution in [2.24, 2.45) is 0 Å². The van der Waals surface area contributed by atoms with Crippen LogP contribution in [0.4, 0.5) is 5.69 Å². The van der Waals surface area contributed by atoms with Crippen molar-refractivity contribution in [3.8, 4) is 0 Å². The number of nitro benzene ring substituents is 1. The fourth-order valence-electron chi connectivity index (χ4n) is 1.49. The zero-order valence-corrected chi connectivity index (χ0v) is 14.1. The van der Waals surface area contributed by atoms with Crippen LogP contribution in [0.5, 0.6) is 0 Å². The molecule has 0 atom stereocenters. The van der Waals surface area contributed by atoms with Gasteiger partial charge in [0.05, 0.1) is 4.92 Å². The Balaban J connectivity index is 3.10. The molecule has 0 bridgehead atoms. The first-order valence-corrected chi connectivity index (χ1v) is 9.59. The molecule has 0 amide bonds. The number of non-ortho nitro benzene ring substituents is 1. The first-order chi connectivity index (χ1) is 9.08. The Bertz CT molecular complexity index is 530. The quantitative estimate of drug-likeness (QED) is 0.340. The van der Waals surface area contributed by atoms with E-state index in [2.05, 4.69) is 33.9 Å². The van der Waals surface area contributed by atoms with E-state index in [1.54, 1.807) is 12.1 Å². The van der Waals surface area contributed by atoms with E-state index in [-0.39, 0.29) is 15.6 Å². The minimum absolute atomic E-state index is 0.0840. The first-order valence-electron chi connectivity index (χ1n) is 6.68. The topological polar surface area (TPSA) is 52.4 Å². The van der Waals surface area contributed by atoms with Crippen LogP contribution in [0, 0.1) is 10.1 Å². The Morgan fingerprint density at radius 1 is 1.35 bits per heavy atom. The van der Waals surface area contributed by atoms with Crippen LogP contribution < -0.4 is 0 Å². The van der Waals surface area contributed by atoms with E-state index in [1.807, 2.05) is 19.1 Å². The van der Waals surface area contributed by atoms with Gasteiger partial charge >= 0.3 is 0 Å². The highest BCUT2D eigenvalue weighted by atomic mass is 28.4. The second-order valence-electron chi connectivity index (χ2n) is 6.32. The largest absolute Gasteiger partial charge is 0.543 e. The summed E-state index contributed by atoms with van der Waals surface area (Å²) in [5.41, 5.74) is 0.840.